The molecular weight excluding hydrogens is 458 g/mol. The van der Waals surface area contributed by atoms with Crippen LogP contribution >= 0.6 is 11.5 Å². The first kappa shape index (κ1) is 26.9. The maximum atomic E-state index is 13.8. The number of amides is 3. The summed E-state index contributed by atoms with van der Waals surface area (Å²) in [6, 6.07) is 4.10. The fourth-order valence-electron chi connectivity index (χ4n) is 3.40. The summed E-state index contributed by atoms with van der Waals surface area (Å²) in [7, 11) is 2.99. The molecule has 0 saturated heterocycles. The van der Waals surface area contributed by atoms with Crippen molar-refractivity contribution in [1.82, 2.24) is 9.69 Å². The Hall–Kier alpha value is -3.34. The van der Waals surface area contributed by atoms with Crippen LogP contribution in [-0.2, 0) is 4.79 Å². The lowest BCUT2D eigenvalue weighted by Crippen LogP contribution is -2.50. The van der Waals surface area contributed by atoms with Crippen LogP contribution < -0.4 is 31.2 Å². The summed E-state index contributed by atoms with van der Waals surface area (Å²) in [5, 5.41) is 2.94. The second-order valence-electron chi connectivity index (χ2n) is 8.13. The number of aromatic nitrogens is 1. The number of carbonyl (C=O) groups is 3. The number of primary amides is 1. The highest BCUT2D eigenvalue weighted by atomic mass is 32.1. The van der Waals surface area contributed by atoms with Gasteiger partial charge in [-0.25, -0.2) is 0 Å². The van der Waals surface area contributed by atoms with Crippen molar-refractivity contribution >= 4 is 40.6 Å². The Labute approximate surface area is 203 Å². The van der Waals surface area contributed by atoms with Crippen LogP contribution in [0.5, 0.6) is 11.5 Å². The number of hydrogen-bond acceptors (Lipinski definition) is 8. The van der Waals surface area contributed by atoms with Gasteiger partial charge < -0.3 is 26.3 Å². The quantitative estimate of drug-likeness (QED) is 0.413. The van der Waals surface area contributed by atoms with E-state index in [4.69, 9.17) is 20.9 Å². The molecule has 0 unspecified atom stereocenters. The molecule has 2 aromatic rings. The average Bonchev–Trinajstić information content (AvgIpc) is 3.19. The van der Waals surface area contributed by atoms with E-state index in [2.05, 4.69) is 23.5 Å². The molecule has 0 aliphatic heterocycles. The van der Waals surface area contributed by atoms with E-state index in [-0.39, 0.29) is 22.2 Å². The van der Waals surface area contributed by atoms with Crippen LogP contribution in [0.25, 0.3) is 0 Å². The van der Waals surface area contributed by atoms with E-state index in [1.165, 1.54) is 19.1 Å². The Morgan fingerprint density at radius 3 is 2.35 bits per heavy atom. The minimum atomic E-state index is -0.832. The van der Waals surface area contributed by atoms with Gasteiger partial charge in [0.1, 0.15) is 10.9 Å². The first-order chi connectivity index (χ1) is 16.2. The van der Waals surface area contributed by atoms with Crippen molar-refractivity contribution in [3.05, 3.63) is 28.8 Å². The monoisotopic (exact) mass is 491 g/mol. The normalized spacial score (nSPS) is 11.7. The zero-order valence-corrected chi connectivity index (χ0v) is 21.0. The Morgan fingerprint density at radius 2 is 1.82 bits per heavy atom. The van der Waals surface area contributed by atoms with Gasteiger partial charge in [0.2, 0.25) is 5.91 Å². The first-order valence-corrected chi connectivity index (χ1v) is 11.8. The standard InChI is InChI=1S/C23H33N5O5S/c1-6-7-15(22(30)26-11-10-13(2)3)28(14-8-9-16(32-4)17(12-14)33-5)23(31)20-18(24)19(21(25)29)27-34-20/h8-9,12-13,15H,6-7,10-11,24H2,1-5H3,(H2,25,29)(H,26,30)/t15-/m0/s1. The van der Waals surface area contributed by atoms with E-state index in [1.807, 2.05) is 6.92 Å². The molecule has 0 bridgehead atoms. The third-order valence-electron chi connectivity index (χ3n) is 5.22. The molecule has 0 saturated carbocycles. The number of rotatable bonds is 12. The predicted octanol–water partition coefficient (Wildman–Crippen LogP) is 2.82. The fourth-order valence-corrected chi connectivity index (χ4v) is 4.15. The molecule has 1 aromatic carbocycles. The molecule has 0 aliphatic rings. The van der Waals surface area contributed by atoms with E-state index in [0.29, 0.717) is 42.5 Å². The SMILES string of the molecule is CCC[C@@H](C(=O)NCCC(C)C)N(C(=O)c1snc(C(N)=O)c1N)c1ccc(OC)c(OC)c1. The second-order valence-corrected chi connectivity index (χ2v) is 8.90. The molecule has 1 aromatic heterocycles. The largest absolute Gasteiger partial charge is 0.493 e. The third-order valence-corrected chi connectivity index (χ3v) is 6.07. The summed E-state index contributed by atoms with van der Waals surface area (Å²) in [5.41, 5.74) is 11.5. The van der Waals surface area contributed by atoms with Crippen molar-refractivity contribution in [3.8, 4) is 11.5 Å². The van der Waals surface area contributed by atoms with Crippen LogP contribution in [0.4, 0.5) is 11.4 Å². The number of ether oxygens (including phenoxy) is 2. The number of nitrogens with two attached hydrogens (primary N) is 2. The minimum absolute atomic E-state index is 0.0275. The number of benzene rings is 1. The molecule has 1 heterocycles. The van der Waals surface area contributed by atoms with E-state index < -0.39 is 17.9 Å². The summed E-state index contributed by atoms with van der Waals surface area (Å²) in [4.78, 5) is 40.1. The topological polar surface area (TPSA) is 150 Å². The van der Waals surface area contributed by atoms with Gasteiger partial charge in [0, 0.05) is 18.3 Å². The molecule has 0 fully saturated rings. The lowest BCUT2D eigenvalue weighted by Gasteiger charge is -2.31. The molecular formula is C23H33N5O5S. The second kappa shape index (κ2) is 12.2. The number of anilines is 2. The summed E-state index contributed by atoms with van der Waals surface area (Å²) in [6.45, 7) is 6.55. The molecule has 2 rings (SSSR count). The summed E-state index contributed by atoms with van der Waals surface area (Å²) in [5.74, 6) is -0.403. The van der Waals surface area contributed by atoms with E-state index in [9.17, 15) is 14.4 Å². The molecule has 0 radical (unpaired) electrons. The van der Waals surface area contributed by atoms with Gasteiger partial charge in [-0.2, -0.15) is 4.37 Å². The Bertz CT molecular complexity index is 1020. The van der Waals surface area contributed by atoms with E-state index in [0.717, 1.165) is 18.0 Å². The van der Waals surface area contributed by atoms with Crippen molar-refractivity contribution in [2.45, 2.75) is 46.1 Å². The zero-order chi connectivity index (χ0) is 25.4. The van der Waals surface area contributed by atoms with Gasteiger partial charge in [0.15, 0.2) is 17.2 Å². The molecule has 5 N–H and O–H groups in total. The Balaban J connectivity index is 2.58. The molecule has 34 heavy (non-hydrogen) atoms. The van der Waals surface area contributed by atoms with Gasteiger partial charge in [0.05, 0.1) is 19.9 Å². The molecule has 0 aliphatic carbocycles. The number of nitrogens with one attached hydrogen (secondary N) is 1. The van der Waals surface area contributed by atoms with Gasteiger partial charge in [0.25, 0.3) is 11.8 Å². The van der Waals surface area contributed by atoms with Gasteiger partial charge in [-0.1, -0.05) is 27.2 Å². The van der Waals surface area contributed by atoms with Gasteiger partial charge in [-0.15, -0.1) is 0 Å². The highest BCUT2D eigenvalue weighted by molar-refractivity contribution is 7.09. The first-order valence-electron chi connectivity index (χ1n) is 11.0. The average molecular weight is 492 g/mol. The highest BCUT2D eigenvalue weighted by Gasteiger charge is 2.34. The number of nitrogens with zero attached hydrogens (tertiary/aromatic N) is 2. The molecule has 1 atom stereocenters. The molecule has 0 spiro atoms. The van der Waals surface area contributed by atoms with Crippen LogP contribution in [0.1, 0.15) is 60.2 Å². The van der Waals surface area contributed by atoms with Crippen molar-refractivity contribution in [2.24, 2.45) is 11.7 Å². The lowest BCUT2D eigenvalue weighted by molar-refractivity contribution is -0.122. The van der Waals surface area contributed by atoms with Crippen molar-refractivity contribution in [2.75, 3.05) is 31.4 Å². The van der Waals surface area contributed by atoms with E-state index in [1.54, 1.807) is 18.2 Å². The van der Waals surface area contributed by atoms with Crippen LogP contribution in [0, 0.1) is 5.92 Å². The van der Waals surface area contributed by atoms with Gasteiger partial charge in [-0.3, -0.25) is 19.3 Å². The van der Waals surface area contributed by atoms with Crippen molar-refractivity contribution in [1.29, 1.82) is 0 Å². The smallest absolute Gasteiger partial charge is 0.272 e. The molecule has 186 valence electrons. The van der Waals surface area contributed by atoms with Crippen LogP contribution in [0.15, 0.2) is 18.2 Å². The minimum Gasteiger partial charge on any atom is -0.493 e. The predicted molar refractivity (Wildman–Crippen MR) is 133 cm³/mol. The Kier molecular flexibility index (Phi) is 9.67. The van der Waals surface area contributed by atoms with Crippen LogP contribution in [-0.4, -0.2) is 48.9 Å². The van der Waals surface area contributed by atoms with E-state index >= 15 is 0 Å². The summed E-state index contributed by atoms with van der Waals surface area (Å²) >= 11 is 0.768. The number of hydrogen-bond donors (Lipinski definition) is 3. The lowest BCUT2D eigenvalue weighted by atomic mass is 10.1. The third kappa shape index (κ3) is 6.16. The number of nitrogen functional groups attached to an aromatic ring is 1. The van der Waals surface area contributed by atoms with Gasteiger partial charge >= 0.3 is 0 Å². The molecule has 11 heteroatoms. The molecule has 3 amide bonds. The number of carbonyl (C=O) groups excluding carboxylic acids is 3. The zero-order valence-electron chi connectivity index (χ0n) is 20.2. The van der Waals surface area contributed by atoms with Gasteiger partial charge in [-0.05, 0) is 42.4 Å². The molecule has 10 nitrogen and oxygen atoms in total. The van der Waals surface area contributed by atoms with Crippen molar-refractivity contribution < 1.29 is 23.9 Å². The highest BCUT2D eigenvalue weighted by Crippen LogP contribution is 2.35. The summed E-state index contributed by atoms with van der Waals surface area (Å²) < 4.78 is 14.7. The van der Waals surface area contributed by atoms with Crippen LogP contribution in [0.2, 0.25) is 0 Å². The Morgan fingerprint density at radius 1 is 1.15 bits per heavy atom. The fraction of sp³-hybridized carbons (Fsp3) is 0.478. The maximum absolute atomic E-state index is 13.8. The number of methoxy groups -OCH3 is 2. The summed E-state index contributed by atoms with van der Waals surface area (Å²) in [6.07, 6.45) is 1.84. The van der Waals surface area contributed by atoms with Crippen molar-refractivity contribution in [3.63, 3.8) is 0 Å². The van der Waals surface area contributed by atoms with Crippen LogP contribution in [0.3, 0.4) is 0 Å². The maximum Gasteiger partial charge on any atom is 0.272 e.